The van der Waals surface area contributed by atoms with Crippen molar-refractivity contribution in [2.75, 3.05) is 12.0 Å². The van der Waals surface area contributed by atoms with Crippen LogP contribution in [-0.4, -0.2) is 40.5 Å². The smallest absolute Gasteiger partial charge is 0.269 e. The van der Waals surface area contributed by atoms with Gasteiger partial charge in [0.15, 0.2) is 23.1 Å². The number of non-ortho nitro benzene ring substituents is 1. The molecule has 2 amide bonds. The fourth-order valence-electron chi connectivity index (χ4n) is 6.61. The number of ketones is 2. The molecule has 1 saturated heterocycles. The molecule has 6 rings (SSSR count). The highest BCUT2D eigenvalue weighted by Crippen LogP contribution is 2.55. The second kappa shape index (κ2) is 9.11. The fourth-order valence-corrected chi connectivity index (χ4v) is 6.61. The molecule has 4 aliphatic rings. The molecule has 3 aliphatic carbocycles. The molecule has 0 saturated carbocycles. The molecule has 2 aromatic carbocycles. The number of imide groups is 1. The van der Waals surface area contributed by atoms with Gasteiger partial charge >= 0.3 is 0 Å². The first-order valence-corrected chi connectivity index (χ1v) is 12.8. The molecule has 0 spiro atoms. The molecule has 1 N–H and O–H groups in total. The zero-order chi connectivity index (χ0) is 28.5. The Morgan fingerprint density at radius 3 is 2.42 bits per heavy atom. The molecule has 1 aliphatic heterocycles. The molecule has 4 atom stereocenters. The number of hydrogen-bond donors (Lipinski definition) is 1. The van der Waals surface area contributed by atoms with E-state index in [-0.39, 0.29) is 47.3 Å². The molecule has 10 nitrogen and oxygen atoms in total. The van der Waals surface area contributed by atoms with E-state index in [0.29, 0.717) is 22.3 Å². The number of hydrogen-bond acceptors (Lipinski definition) is 8. The first-order valence-electron chi connectivity index (χ1n) is 12.8. The number of carbonyl (C=O) groups is 4. The molecular formula is C30H24N2O8. The number of phenolic OH excluding ortho intramolecular Hbond substituents is 1. The van der Waals surface area contributed by atoms with Crippen LogP contribution in [0.15, 0.2) is 76.9 Å². The number of aromatic hydroxyl groups is 1. The third kappa shape index (κ3) is 3.63. The molecule has 0 aromatic heterocycles. The lowest BCUT2D eigenvalue weighted by Crippen LogP contribution is -2.39. The summed E-state index contributed by atoms with van der Waals surface area (Å²) in [6.45, 7) is 1.58. The van der Waals surface area contributed by atoms with Gasteiger partial charge in [0.05, 0.1) is 29.6 Å². The summed E-state index contributed by atoms with van der Waals surface area (Å²) in [5, 5.41) is 21.3. The lowest BCUT2D eigenvalue weighted by atomic mass is 9.59. The Bertz CT molecular complexity index is 1630. The maximum Gasteiger partial charge on any atom is 0.269 e. The molecule has 0 bridgehead atoms. The molecule has 1 fully saturated rings. The van der Waals surface area contributed by atoms with Crippen molar-refractivity contribution in [2.24, 2.45) is 17.8 Å². The number of nitro benzene ring substituents is 1. The van der Waals surface area contributed by atoms with Gasteiger partial charge in [0.25, 0.3) is 5.69 Å². The van der Waals surface area contributed by atoms with Crippen molar-refractivity contribution in [2.45, 2.75) is 25.7 Å². The van der Waals surface area contributed by atoms with E-state index in [9.17, 15) is 34.4 Å². The zero-order valence-corrected chi connectivity index (χ0v) is 21.6. The third-order valence-corrected chi connectivity index (χ3v) is 8.42. The summed E-state index contributed by atoms with van der Waals surface area (Å²) in [5.41, 5.74) is 2.46. The van der Waals surface area contributed by atoms with E-state index in [1.807, 2.05) is 6.08 Å². The minimum atomic E-state index is -0.771. The molecule has 40 heavy (non-hydrogen) atoms. The van der Waals surface area contributed by atoms with Crippen LogP contribution in [0.25, 0.3) is 0 Å². The first-order chi connectivity index (χ1) is 19.1. The molecule has 10 heteroatoms. The van der Waals surface area contributed by atoms with E-state index in [1.165, 1.54) is 43.5 Å². The minimum absolute atomic E-state index is 0.0809. The number of benzene rings is 2. The Morgan fingerprint density at radius 2 is 1.75 bits per heavy atom. The van der Waals surface area contributed by atoms with Crippen LogP contribution in [0.4, 0.5) is 11.4 Å². The number of carbonyl (C=O) groups excluding carboxylic acids is 4. The van der Waals surface area contributed by atoms with Gasteiger partial charge in [0.2, 0.25) is 11.8 Å². The van der Waals surface area contributed by atoms with E-state index >= 15 is 0 Å². The van der Waals surface area contributed by atoms with Crippen LogP contribution in [0.3, 0.4) is 0 Å². The topological polar surface area (TPSA) is 144 Å². The van der Waals surface area contributed by atoms with Crippen molar-refractivity contribution in [3.8, 4) is 11.5 Å². The quantitative estimate of drug-likeness (QED) is 0.202. The molecule has 0 unspecified atom stereocenters. The van der Waals surface area contributed by atoms with Crippen molar-refractivity contribution in [1.82, 2.24) is 0 Å². The van der Waals surface area contributed by atoms with Crippen molar-refractivity contribution >= 4 is 34.8 Å². The van der Waals surface area contributed by atoms with Crippen molar-refractivity contribution in [3.05, 3.63) is 92.6 Å². The Kier molecular flexibility index (Phi) is 5.79. The number of amides is 2. The predicted octanol–water partition coefficient (Wildman–Crippen LogP) is 3.94. The van der Waals surface area contributed by atoms with Crippen LogP contribution in [0, 0.1) is 27.9 Å². The number of rotatable bonds is 4. The fraction of sp³-hybridized carbons (Fsp3) is 0.267. The van der Waals surface area contributed by atoms with E-state index in [2.05, 4.69) is 0 Å². The second-order valence-corrected chi connectivity index (χ2v) is 10.4. The third-order valence-electron chi connectivity index (χ3n) is 8.42. The number of nitrogens with zero attached hydrogens (tertiary/aromatic N) is 2. The number of ether oxygens (including phenoxy) is 1. The van der Waals surface area contributed by atoms with Crippen LogP contribution in [0.5, 0.6) is 11.5 Å². The first kappa shape index (κ1) is 25.4. The Morgan fingerprint density at radius 1 is 1.02 bits per heavy atom. The van der Waals surface area contributed by atoms with Gasteiger partial charge in [-0.3, -0.25) is 34.2 Å². The van der Waals surface area contributed by atoms with Crippen molar-refractivity contribution in [1.29, 1.82) is 0 Å². The van der Waals surface area contributed by atoms with Crippen LogP contribution < -0.4 is 9.64 Å². The number of anilines is 1. The monoisotopic (exact) mass is 540 g/mol. The number of nitro groups is 1. The van der Waals surface area contributed by atoms with Crippen molar-refractivity contribution < 1.29 is 33.9 Å². The van der Waals surface area contributed by atoms with Gasteiger partial charge in [-0.1, -0.05) is 17.7 Å². The van der Waals surface area contributed by atoms with Gasteiger partial charge in [-0.15, -0.1) is 0 Å². The molecule has 1 heterocycles. The standard InChI is InChI=1S/C30H24N2O8/c1-14-11-23(34)27-21(28(14)35)13-20-18(25(27)15-3-10-22(33)24(12-15)40-2)8-9-19-26(20)30(37)31(29(19)36)16-4-6-17(7-5-16)32(38)39/h3-8,10-12,19-20,25-26,33H,9,13H2,1-2H3/t19-,20+,25-,26-/m0/s1. The average Bonchev–Trinajstić information content (AvgIpc) is 3.20. The molecule has 202 valence electrons. The second-order valence-electron chi connectivity index (χ2n) is 10.4. The summed E-state index contributed by atoms with van der Waals surface area (Å²) < 4.78 is 5.30. The van der Waals surface area contributed by atoms with E-state index in [0.717, 1.165) is 10.5 Å². The van der Waals surface area contributed by atoms with Gasteiger partial charge in [-0.25, -0.2) is 0 Å². The SMILES string of the molecule is COc1cc([C@H]2C3=CC[C@@H]4C(=O)N(c5ccc([N+](=O)[O-])cc5)C(=O)[C@@H]4[C@@H]3CC3=C2C(=O)C=C(C)C3=O)ccc1O. The Hall–Kier alpha value is -4.86. The molecule has 2 aromatic rings. The van der Waals surface area contributed by atoms with Gasteiger partial charge < -0.3 is 9.84 Å². The summed E-state index contributed by atoms with van der Waals surface area (Å²) in [5.74, 6) is -3.90. The van der Waals surface area contributed by atoms with Crippen LogP contribution in [-0.2, 0) is 19.2 Å². The number of methoxy groups -OCH3 is 1. The summed E-state index contributed by atoms with van der Waals surface area (Å²) in [4.78, 5) is 65.7. The lowest BCUT2D eigenvalue weighted by molar-refractivity contribution is -0.384. The van der Waals surface area contributed by atoms with Crippen LogP contribution in [0.1, 0.15) is 31.2 Å². The number of phenols is 1. The zero-order valence-electron chi connectivity index (χ0n) is 21.6. The summed E-state index contributed by atoms with van der Waals surface area (Å²) in [7, 11) is 1.41. The largest absolute Gasteiger partial charge is 0.504 e. The molecular weight excluding hydrogens is 516 g/mol. The van der Waals surface area contributed by atoms with Gasteiger partial charge in [-0.05, 0) is 61.6 Å². The van der Waals surface area contributed by atoms with E-state index < -0.39 is 40.4 Å². The normalized spacial score (nSPS) is 25.7. The highest BCUT2D eigenvalue weighted by atomic mass is 16.6. The number of fused-ring (bicyclic) bond motifs is 3. The average molecular weight is 541 g/mol. The Balaban J connectivity index is 1.46. The number of allylic oxidation sites excluding steroid dienone is 6. The maximum atomic E-state index is 13.9. The summed E-state index contributed by atoms with van der Waals surface area (Å²) in [6, 6.07) is 9.99. The number of Topliss-reactive ketones (excluding diaryl/α,β-unsaturated/α-hetero) is 1. The summed E-state index contributed by atoms with van der Waals surface area (Å²) in [6.07, 6.45) is 3.62. The van der Waals surface area contributed by atoms with Gasteiger partial charge in [0.1, 0.15) is 0 Å². The van der Waals surface area contributed by atoms with Crippen molar-refractivity contribution in [3.63, 3.8) is 0 Å². The van der Waals surface area contributed by atoms with Gasteiger partial charge in [0, 0.05) is 34.8 Å². The predicted molar refractivity (Wildman–Crippen MR) is 142 cm³/mol. The van der Waals surface area contributed by atoms with Crippen LogP contribution >= 0.6 is 0 Å². The van der Waals surface area contributed by atoms with Crippen LogP contribution in [0.2, 0.25) is 0 Å². The Labute approximate surface area is 228 Å². The van der Waals surface area contributed by atoms with Gasteiger partial charge in [-0.2, -0.15) is 0 Å². The van der Waals surface area contributed by atoms with E-state index in [1.54, 1.807) is 19.1 Å². The highest BCUT2D eigenvalue weighted by Gasteiger charge is 2.56. The summed E-state index contributed by atoms with van der Waals surface area (Å²) >= 11 is 0. The minimum Gasteiger partial charge on any atom is -0.504 e. The maximum absolute atomic E-state index is 13.9. The molecule has 0 radical (unpaired) electrons. The van der Waals surface area contributed by atoms with E-state index in [4.69, 9.17) is 4.74 Å². The lowest BCUT2D eigenvalue weighted by Gasteiger charge is -2.42. The highest BCUT2D eigenvalue weighted by molar-refractivity contribution is 6.25.